The highest BCUT2D eigenvalue weighted by molar-refractivity contribution is 5.34. The third-order valence-electron chi connectivity index (χ3n) is 4.12. The van der Waals surface area contributed by atoms with Crippen molar-refractivity contribution in [3.8, 4) is 0 Å². The zero-order valence-electron chi connectivity index (χ0n) is 9.58. The molecule has 16 heavy (non-hydrogen) atoms. The molecular formula is C14H19NO. The van der Waals surface area contributed by atoms with E-state index in [4.69, 9.17) is 0 Å². The van der Waals surface area contributed by atoms with Gasteiger partial charge in [-0.3, -0.25) is 0 Å². The van der Waals surface area contributed by atoms with Gasteiger partial charge in [0.2, 0.25) is 0 Å². The van der Waals surface area contributed by atoms with Crippen LogP contribution in [0, 0.1) is 0 Å². The van der Waals surface area contributed by atoms with Crippen LogP contribution in [0.5, 0.6) is 0 Å². The van der Waals surface area contributed by atoms with Crippen LogP contribution < -0.4 is 5.32 Å². The number of aliphatic hydroxyl groups is 1. The van der Waals surface area contributed by atoms with Gasteiger partial charge in [0.1, 0.15) is 0 Å². The number of rotatable bonds is 1. The Morgan fingerprint density at radius 2 is 1.94 bits per heavy atom. The number of hydrogen-bond donors (Lipinski definition) is 2. The van der Waals surface area contributed by atoms with E-state index in [2.05, 4.69) is 29.6 Å². The van der Waals surface area contributed by atoms with E-state index in [1.165, 1.54) is 11.1 Å². The van der Waals surface area contributed by atoms with Crippen LogP contribution in [-0.2, 0) is 6.42 Å². The van der Waals surface area contributed by atoms with Crippen molar-refractivity contribution in [2.24, 2.45) is 0 Å². The van der Waals surface area contributed by atoms with Crippen molar-refractivity contribution >= 4 is 0 Å². The van der Waals surface area contributed by atoms with Gasteiger partial charge in [0.15, 0.2) is 0 Å². The third kappa shape index (κ3) is 1.57. The quantitative estimate of drug-likeness (QED) is 0.755. The molecule has 1 aliphatic heterocycles. The number of hydrogen-bond acceptors (Lipinski definition) is 2. The Balaban J connectivity index is 1.98. The van der Waals surface area contributed by atoms with Gasteiger partial charge in [-0.2, -0.15) is 0 Å². The van der Waals surface area contributed by atoms with E-state index < -0.39 is 5.60 Å². The predicted molar refractivity (Wildman–Crippen MR) is 64.3 cm³/mol. The largest absolute Gasteiger partial charge is 0.388 e. The van der Waals surface area contributed by atoms with Gasteiger partial charge < -0.3 is 10.4 Å². The first-order chi connectivity index (χ1) is 7.80. The molecule has 2 N–H and O–H groups in total. The Morgan fingerprint density at radius 3 is 2.75 bits per heavy atom. The van der Waals surface area contributed by atoms with Crippen LogP contribution in [0.1, 0.15) is 42.9 Å². The van der Waals surface area contributed by atoms with Crippen molar-refractivity contribution in [1.82, 2.24) is 5.32 Å². The normalized spacial score (nSPS) is 27.7. The SMILES string of the molecule is OC1(C2NCCc3ccccc32)CCCC1. The second-order valence-electron chi connectivity index (χ2n) is 5.15. The lowest BCUT2D eigenvalue weighted by Gasteiger charge is -2.37. The first-order valence-corrected chi connectivity index (χ1v) is 6.33. The van der Waals surface area contributed by atoms with E-state index in [0.717, 1.165) is 38.6 Å². The summed E-state index contributed by atoms with van der Waals surface area (Å²) in [5.74, 6) is 0. The Morgan fingerprint density at radius 1 is 1.19 bits per heavy atom. The molecule has 1 aromatic rings. The molecule has 1 atom stereocenters. The van der Waals surface area contributed by atoms with Crippen LogP contribution in [-0.4, -0.2) is 17.3 Å². The summed E-state index contributed by atoms with van der Waals surface area (Å²) in [6.07, 6.45) is 5.30. The van der Waals surface area contributed by atoms with Gasteiger partial charge in [-0.25, -0.2) is 0 Å². The lowest BCUT2D eigenvalue weighted by Crippen LogP contribution is -2.45. The Bertz CT molecular complexity index is 382. The van der Waals surface area contributed by atoms with Crippen molar-refractivity contribution < 1.29 is 5.11 Å². The maximum atomic E-state index is 10.7. The minimum Gasteiger partial charge on any atom is -0.388 e. The highest BCUT2D eigenvalue weighted by Gasteiger charge is 2.41. The minimum atomic E-state index is -0.503. The van der Waals surface area contributed by atoms with Crippen LogP contribution in [0.2, 0.25) is 0 Å². The topological polar surface area (TPSA) is 32.3 Å². The summed E-state index contributed by atoms with van der Waals surface area (Å²) < 4.78 is 0. The average molecular weight is 217 g/mol. The molecule has 2 nitrogen and oxygen atoms in total. The first kappa shape index (κ1) is 10.3. The fourth-order valence-electron chi connectivity index (χ4n) is 3.26. The summed E-state index contributed by atoms with van der Waals surface area (Å²) >= 11 is 0. The average Bonchev–Trinajstić information content (AvgIpc) is 2.77. The van der Waals surface area contributed by atoms with Gasteiger partial charge in [-0.05, 0) is 36.9 Å². The van der Waals surface area contributed by atoms with Gasteiger partial charge in [0, 0.05) is 0 Å². The molecule has 0 spiro atoms. The maximum Gasteiger partial charge on any atom is 0.0841 e. The molecule has 3 rings (SSSR count). The zero-order chi connectivity index (χ0) is 11.0. The summed E-state index contributed by atoms with van der Waals surface area (Å²) in [4.78, 5) is 0. The van der Waals surface area contributed by atoms with E-state index in [1.807, 2.05) is 0 Å². The number of benzene rings is 1. The number of nitrogens with one attached hydrogen (secondary N) is 1. The molecule has 2 heteroatoms. The fourth-order valence-corrected chi connectivity index (χ4v) is 3.26. The van der Waals surface area contributed by atoms with Gasteiger partial charge in [-0.1, -0.05) is 37.1 Å². The maximum absolute atomic E-state index is 10.7. The number of fused-ring (bicyclic) bond motifs is 1. The van der Waals surface area contributed by atoms with Crippen LogP contribution in [0.3, 0.4) is 0 Å². The standard InChI is InChI=1S/C14H19NO/c16-14(8-3-4-9-14)13-12-6-2-1-5-11(12)7-10-15-13/h1-2,5-6,13,15-16H,3-4,7-10H2. The van der Waals surface area contributed by atoms with Crippen molar-refractivity contribution in [2.45, 2.75) is 43.7 Å². The van der Waals surface area contributed by atoms with Gasteiger partial charge in [0.05, 0.1) is 11.6 Å². The van der Waals surface area contributed by atoms with Gasteiger partial charge in [0.25, 0.3) is 0 Å². The fraction of sp³-hybridized carbons (Fsp3) is 0.571. The molecule has 1 unspecified atom stereocenters. The predicted octanol–water partition coefficient (Wildman–Crippen LogP) is 2.18. The minimum absolute atomic E-state index is 0.153. The van der Waals surface area contributed by atoms with Crippen molar-refractivity contribution in [3.05, 3.63) is 35.4 Å². The lowest BCUT2D eigenvalue weighted by atomic mass is 9.82. The zero-order valence-corrected chi connectivity index (χ0v) is 9.58. The van der Waals surface area contributed by atoms with E-state index >= 15 is 0 Å². The van der Waals surface area contributed by atoms with Crippen LogP contribution in [0.15, 0.2) is 24.3 Å². The summed E-state index contributed by atoms with van der Waals surface area (Å²) in [5.41, 5.74) is 2.22. The molecule has 0 aromatic heterocycles. The highest BCUT2D eigenvalue weighted by Crippen LogP contribution is 2.41. The summed E-state index contributed by atoms with van der Waals surface area (Å²) in [5, 5.41) is 14.2. The summed E-state index contributed by atoms with van der Waals surface area (Å²) in [7, 11) is 0. The van der Waals surface area contributed by atoms with Gasteiger partial charge >= 0.3 is 0 Å². The van der Waals surface area contributed by atoms with E-state index in [0.29, 0.717) is 0 Å². The Labute approximate surface area is 96.7 Å². The smallest absolute Gasteiger partial charge is 0.0841 e. The molecule has 0 bridgehead atoms. The van der Waals surface area contributed by atoms with Crippen LogP contribution in [0.25, 0.3) is 0 Å². The molecule has 1 aliphatic carbocycles. The molecule has 86 valence electrons. The molecular weight excluding hydrogens is 198 g/mol. The first-order valence-electron chi connectivity index (χ1n) is 6.33. The van der Waals surface area contributed by atoms with E-state index in [-0.39, 0.29) is 6.04 Å². The van der Waals surface area contributed by atoms with Crippen LogP contribution >= 0.6 is 0 Å². The van der Waals surface area contributed by atoms with Crippen molar-refractivity contribution in [1.29, 1.82) is 0 Å². The molecule has 0 amide bonds. The molecule has 2 aliphatic rings. The molecule has 0 saturated heterocycles. The van der Waals surface area contributed by atoms with E-state index in [1.54, 1.807) is 0 Å². The summed E-state index contributed by atoms with van der Waals surface area (Å²) in [6.45, 7) is 0.990. The third-order valence-corrected chi connectivity index (χ3v) is 4.12. The molecule has 1 aromatic carbocycles. The Kier molecular flexibility index (Phi) is 2.49. The molecule has 1 heterocycles. The van der Waals surface area contributed by atoms with Crippen molar-refractivity contribution in [3.63, 3.8) is 0 Å². The van der Waals surface area contributed by atoms with Gasteiger partial charge in [-0.15, -0.1) is 0 Å². The Hall–Kier alpha value is -0.860. The highest BCUT2D eigenvalue weighted by atomic mass is 16.3. The van der Waals surface area contributed by atoms with Crippen LogP contribution in [0.4, 0.5) is 0 Å². The lowest BCUT2D eigenvalue weighted by molar-refractivity contribution is 0.00490. The second-order valence-corrected chi connectivity index (χ2v) is 5.15. The monoisotopic (exact) mass is 217 g/mol. The molecule has 1 fully saturated rings. The molecule has 1 saturated carbocycles. The van der Waals surface area contributed by atoms with E-state index in [9.17, 15) is 5.11 Å². The summed E-state index contributed by atoms with van der Waals surface area (Å²) in [6, 6.07) is 8.70. The second kappa shape index (κ2) is 3.86. The molecule has 0 radical (unpaired) electrons. The van der Waals surface area contributed by atoms with Crippen molar-refractivity contribution in [2.75, 3.05) is 6.54 Å².